The van der Waals surface area contributed by atoms with Crippen molar-refractivity contribution in [3.8, 4) is 11.6 Å². The molecule has 26 heavy (non-hydrogen) atoms. The molecule has 2 aromatic carbocycles. The first-order chi connectivity index (χ1) is 12.3. The highest BCUT2D eigenvalue weighted by atomic mass is 79.9. The van der Waals surface area contributed by atoms with Gasteiger partial charge in [-0.1, -0.05) is 28.1 Å². The van der Waals surface area contributed by atoms with Crippen LogP contribution in [0, 0.1) is 0 Å². The Morgan fingerprint density at radius 2 is 1.85 bits per heavy atom. The molecule has 9 heteroatoms. The number of hydrogen-bond acceptors (Lipinski definition) is 4. The summed E-state index contributed by atoms with van der Waals surface area (Å²) in [6.07, 6.45) is 0. The van der Waals surface area contributed by atoms with Gasteiger partial charge in [-0.3, -0.25) is 4.79 Å². The molecule has 0 saturated heterocycles. The zero-order valence-corrected chi connectivity index (χ0v) is 16.6. The third-order valence-corrected chi connectivity index (χ3v) is 4.25. The summed E-state index contributed by atoms with van der Waals surface area (Å²) in [4.78, 5) is 12.7. The van der Waals surface area contributed by atoms with Crippen LogP contribution in [0.2, 0.25) is 0 Å². The van der Waals surface area contributed by atoms with E-state index in [1.807, 2.05) is 0 Å². The molecule has 0 bridgehead atoms. The van der Waals surface area contributed by atoms with Crippen LogP contribution in [0.5, 0.6) is 11.6 Å². The minimum atomic E-state index is -3.61. The molecular formula is C17H12Br2F2N2O3. The fraction of sp³-hybridized carbons (Fsp3) is 0.176. The number of halogens is 4. The van der Waals surface area contributed by atoms with E-state index in [-0.39, 0.29) is 23.2 Å². The second-order valence-electron chi connectivity index (χ2n) is 5.35. The van der Waals surface area contributed by atoms with Crippen molar-refractivity contribution in [3.05, 3.63) is 62.9 Å². The molecule has 0 N–H and O–H groups in total. The minimum Gasteiger partial charge on any atom is -0.497 e. The molecule has 3 aromatic rings. The molecule has 0 saturated carbocycles. The lowest BCUT2D eigenvalue weighted by Crippen LogP contribution is -2.26. The molecule has 0 unspecified atom stereocenters. The zero-order valence-electron chi connectivity index (χ0n) is 13.4. The highest BCUT2D eigenvalue weighted by Gasteiger charge is 2.29. The normalized spacial score (nSPS) is 11.6. The molecular weight excluding hydrogens is 478 g/mol. The maximum absolute atomic E-state index is 13.3. The van der Waals surface area contributed by atoms with Gasteiger partial charge in [0, 0.05) is 20.4 Å². The summed E-state index contributed by atoms with van der Waals surface area (Å²) in [6, 6.07) is 11.7. The highest BCUT2D eigenvalue weighted by molar-refractivity contribution is 9.10. The van der Waals surface area contributed by atoms with Gasteiger partial charge >= 0.3 is 5.02 Å². The summed E-state index contributed by atoms with van der Waals surface area (Å²) in [5.74, 6) is 0.321. The molecule has 0 atom stereocenters. The summed E-state index contributed by atoms with van der Waals surface area (Å²) in [5.41, 5.74) is 0.341. The molecule has 0 aliphatic heterocycles. The molecule has 0 aliphatic carbocycles. The Labute approximate surface area is 163 Å². The van der Waals surface area contributed by atoms with Gasteiger partial charge in [-0.05, 0) is 35.9 Å². The first kappa shape index (κ1) is 18.8. The predicted molar refractivity (Wildman–Crippen MR) is 100 cm³/mol. The van der Waals surface area contributed by atoms with Crippen LogP contribution in [0.3, 0.4) is 0 Å². The van der Waals surface area contributed by atoms with E-state index in [4.69, 9.17) is 4.74 Å². The average molecular weight is 490 g/mol. The van der Waals surface area contributed by atoms with E-state index in [9.17, 15) is 13.6 Å². The average Bonchev–Trinajstić information content (AvgIpc) is 2.58. The van der Waals surface area contributed by atoms with E-state index in [1.54, 1.807) is 43.5 Å². The van der Waals surface area contributed by atoms with Gasteiger partial charge in [-0.25, -0.2) is 4.68 Å². The van der Waals surface area contributed by atoms with Crippen LogP contribution >= 0.6 is 31.9 Å². The fourth-order valence-corrected chi connectivity index (χ4v) is 2.94. The van der Waals surface area contributed by atoms with Gasteiger partial charge < -0.3 is 9.47 Å². The number of benzene rings is 2. The summed E-state index contributed by atoms with van der Waals surface area (Å²) < 4.78 is 38.0. The van der Waals surface area contributed by atoms with Crippen molar-refractivity contribution >= 4 is 42.6 Å². The van der Waals surface area contributed by atoms with Crippen LogP contribution in [0.15, 0.2) is 51.7 Å². The van der Waals surface area contributed by atoms with Crippen LogP contribution in [-0.4, -0.2) is 21.9 Å². The number of fused-ring (bicyclic) bond motifs is 1. The number of ether oxygens (including phenoxy) is 2. The van der Waals surface area contributed by atoms with E-state index in [2.05, 4.69) is 41.7 Å². The van der Waals surface area contributed by atoms with Gasteiger partial charge in [-0.15, -0.1) is 5.10 Å². The molecule has 0 spiro atoms. The molecule has 0 aliphatic rings. The maximum atomic E-state index is 13.3. The van der Waals surface area contributed by atoms with Crippen molar-refractivity contribution in [3.63, 3.8) is 0 Å². The van der Waals surface area contributed by atoms with Crippen LogP contribution in [-0.2, 0) is 6.54 Å². The van der Waals surface area contributed by atoms with E-state index < -0.39 is 10.6 Å². The number of rotatable bonds is 5. The smallest absolute Gasteiger partial charge is 0.460 e. The topological polar surface area (TPSA) is 53.4 Å². The quantitative estimate of drug-likeness (QED) is 0.494. The Morgan fingerprint density at radius 3 is 2.46 bits per heavy atom. The zero-order chi connectivity index (χ0) is 18.9. The van der Waals surface area contributed by atoms with Gasteiger partial charge in [-0.2, -0.15) is 8.78 Å². The lowest BCUT2D eigenvalue weighted by molar-refractivity contribution is -0.0829. The number of methoxy groups -OCH3 is 1. The van der Waals surface area contributed by atoms with Crippen molar-refractivity contribution in [1.82, 2.24) is 9.78 Å². The highest BCUT2D eigenvalue weighted by Crippen LogP contribution is 2.30. The van der Waals surface area contributed by atoms with Crippen LogP contribution < -0.4 is 15.0 Å². The van der Waals surface area contributed by atoms with Gasteiger partial charge in [0.05, 0.1) is 24.4 Å². The van der Waals surface area contributed by atoms with Crippen molar-refractivity contribution in [2.45, 2.75) is 11.6 Å². The Bertz CT molecular complexity index is 1000. The molecule has 136 valence electrons. The SMILES string of the molecule is COc1ccc(Cn2nc(OC(F)(F)Br)c3ccc(Br)cc3c2=O)cc1. The summed E-state index contributed by atoms with van der Waals surface area (Å²) in [7, 11) is 1.55. The monoisotopic (exact) mass is 488 g/mol. The molecule has 0 radical (unpaired) electrons. The molecule has 0 amide bonds. The van der Waals surface area contributed by atoms with Crippen LogP contribution in [0.1, 0.15) is 5.56 Å². The standard InChI is InChI=1S/C17H12Br2F2N2O3/c1-25-12-5-2-10(3-6-12)9-23-16(24)14-8-11(18)4-7-13(14)15(22-23)26-17(19,20)21/h2-8H,9H2,1H3. The Balaban J connectivity index is 2.11. The molecule has 1 aromatic heterocycles. The van der Waals surface area contributed by atoms with Crippen molar-refractivity contribution in [2.75, 3.05) is 7.11 Å². The molecule has 5 nitrogen and oxygen atoms in total. The van der Waals surface area contributed by atoms with Crippen molar-refractivity contribution in [1.29, 1.82) is 0 Å². The number of nitrogens with zero attached hydrogens (tertiary/aromatic N) is 2. The van der Waals surface area contributed by atoms with Gasteiger partial charge in [0.1, 0.15) is 5.75 Å². The van der Waals surface area contributed by atoms with Crippen LogP contribution in [0.4, 0.5) is 8.78 Å². The van der Waals surface area contributed by atoms with Crippen LogP contribution in [0.25, 0.3) is 10.8 Å². The summed E-state index contributed by atoms with van der Waals surface area (Å²) in [6.45, 7) is 0.0928. The third kappa shape index (κ3) is 4.21. The Morgan fingerprint density at radius 1 is 1.15 bits per heavy atom. The second-order valence-corrected chi connectivity index (χ2v) is 7.19. The molecule has 3 rings (SSSR count). The van der Waals surface area contributed by atoms with E-state index in [0.29, 0.717) is 10.2 Å². The van der Waals surface area contributed by atoms with E-state index in [0.717, 1.165) is 10.2 Å². The molecule has 1 heterocycles. The maximum Gasteiger partial charge on any atom is 0.460 e. The summed E-state index contributed by atoms with van der Waals surface area (Å²) >= 11 is 5.41. The number of aromatic nitrogens is 2. The van der Waals surface area contributed by atoms with Crippen molar-refractivity contribution < 1.29 is 18.3 Å². The first-order valence-corrected chi connectivity index (χ1v) is 8.94. The minimum absolute atomic E-state index is 0.0928. The second kappa shape index (κ2) is 7.32. The predicted octanol–water partition coefficient (Wildman–Crippen LogP) is 4.54. The Kier molecular flexibility index (Phi) is 5.29. The van der Waals surface area contributed by atoms with Crippen molar-refractivity contribution in [2.24, 2.45) is 0 Å². The molecule has 0 fully saturated rings. The van der Waals surface area contributed by atoms with Gasteiger partial charge in [0.25, 0.3) is 5.56 Å². The lowest BCUT2D eigenvalue weighted by atomic mass is 10.2. The van der Waals surface area contributed by atoms with E-state index >= 15 is 0 Å². The Hall–Kier alpha value is -2.00. The largest absolute Gasteiger partial charge is 0.497 e. The van der Waals surface area contributed by atoms with E-state index in [1.165, 1.54) is 6.07 Å². The summed E-state index contributed by atoms with van der Waals surface area (Å²) in [5, 5.41) is 0.785. The van der Waals surface area contributed by atoms with Gasteiger partial charge in [0.2, 0.25) is 5.88 Å². The third-order valence-electron chi connectivity index (χ3n) is 3.59. The number of hydrogen-bond donors (Lipinski definition) is 0. The van der Waals surface area contributed by atoms with Gasteiger partial charge in [0.15, 0.2) is 0 Å². The first-order valence-electron chi connectivity index (χ1n) is 7.36. The fourth-order valence-electron chi connectivity index (χ4n) is 2.42. The number of alkyl halides is 3. The lowest BCUT2D eigenvalue weighted by Gasteiger charge is -2.15.